The first-order valence-electron chi connectivity index (χ1n) is 3.20. The van der Waals surface area contributed by atoms with Gasteiger partial charge in [0.15, 0.2) is 0 Å². The number of rotatable bonds is 2. The molecule has 1 rings (SSSR count). The Kier molecular flexibility index (Phi) is 2.85. The maximum Gasteiger partial charge on any atom is 0.308 e. The first kappa shape index (κ1) is 9.24. The Bertz CT molecular complexity index is 358. The third-order valence-corrected chi connectivity index (χ3v) is 2.08. The van der Waals surface area contributed by atoms with Gasteiger partial charge in [0.25, 0.3) is 5.56 Å². The molecule has 0 atom stereocenters. The fraction of sp³-hybridized carbons (Fsp3) is 0.143. The van der Waals surface area contributed by atoms with Crippen molar-refractivity contribution in [3.05, 3.63) is 34.2 Å². The van der Waals surface area contributed by atoms with E-state index in [1.807, 2.05) is 22.9 Å². The maximum atomic E-state index is 11.2. The van der Waals surface area contributed by atoms with Crippen LogP contribution in [-0.4, -0.2) is 13.9 Å². The molecule has 4 nitrogen and oxygen atoms in total. The summed E-state index contributed by atoms with van der Waals surface area (Å²) in [5, 5.41) is 8.43. The van der Waals surface area contributed by atoms with Crippen molar-refractivity contribution in [3.63, 3.8) is 0 Å². The Morgan fingerprint density at radius 1 is 1.67 bits per heavy atom. The lowest BCUT2D eigenvalue weighted by Gasteiger charge is -1.97. The Balaban J connectivity index is 3.09. The second-order valence-electron chi connectivity index (χ2n) is 2.22. The quantitative estimate of drug-likeness (QED) is 0.810. The van der Waals surface area contributed by atoms with Gasteiger partial charge in [-0.1, -0.05) is 6.07 Å². The topological polar surface area (TPSA) is 59.3 Å². The SMILES string of the molecule is O=C(O)Cc1cccn(I)c1=O. The summed E-state index contributed by atoms with van der Waals surface area (Å²) in [5.41, 5.74) is 0.0416. The molecule has 0 saturated carbocycles. The van der Waals surface area contributed by atoms with E-state index in [1.54, 1.807) is 12.3 Å². The van der Waals surface area contributed by atoms with Gasteiger partial charge in [-0.15, -0.1) is 0 Å². The lowest BCUT2D eigenvalue weighted by atomic mass is 10.2. The van der Waals surface area contributed by atoms with Crippen LogP contribution in [0.15, 0.2) is 23.1 Å². The first-order valence-corrected chi connectivity index (χ1v) is 4.16. The summed E-state index contributed by atoms with van der Waals surface area (Å²) in [5.74, 6) is -0.991. The van der Waals surface area contributed by atoms with Crippen molar-refractivity contribution in [2.75, 3.05) is 0 Å². The third-order valence-electron chi connectivity index (χ3n) is 1.32. The highest BCUT2D eigenvalue weighted by Crippen LogP contribution is 1.95. The molecular weight excluding hydrogens is 273 g/mol. The normalized spacial score (nSPS) is 9.75. The zero-order valence-electron chi connectivity index (χ0n) is 6.03. The van der Waals surface area contributed by atoms with Gasteiger partial charge >= 0.3 is 5.97 Å². The Labute approximate surface area is 82.3 Å². The van der Waals surface area contributed by atoms with Gasteiger partial charge in [0.2, 0.25) is 0 Å². The molecule has 0 spiro atoms. The monoisotopic (exact) mass is 279 g/mol. The number of hydrogen-bond acceptors (Lipinski definition) is 2. The number of carboxylic acid groups (broad SMARTS) is 1. The van der Waals surface area contributed by atoms with Crippen LogP contribution >= 0.6 is 22.9 Å². The van der Waals surface area contributed by atoms with Crippen LogP contribution in [0.5, 0.6) is 0 Å². The number of carbonyl (C=O) groups is 1. The fourth-order valence-electron chi connectivity index (χ4n) is 0.808. The van der Waals surface area contributed by atoms with Crippen molar-refractivity contribution in [1.29, 1.82) is 0 Å². The predicted molar refractivity (Wildman–Crippen MR) is 51.5 cm³/mol. The van der Waals surface area contributed by atoms with Crippen LogP contribution in [0, 0.1) is 0 Å². The molecule has 0 aromatic carbocycles. The van der Waals surface area contributed by atoms with Crippen molar-refractivity contribution < 1.29 is 9.90 Å². The third kappa shape index (κ3) is 2.07. The van der Waals surface area contributed by atoms with Gasteiger partial charge in [-0.25, -0.2) is 0 Å². The molecule has 1 heterocycles. The van der Waals surface area contributed by atoms with E-state index in [0.717, 1.165) is 0 Å². The van der Waals surface area contributed by atoms with Gasteiger partial charge in [-0.3, -0.25) is 12.4 Å². The number of aromatic nitrogens is 1. The lowest BCUT2D eigenvalue weighted by molar-refractivity contribution is -0.136. The minimum absolute atomic E-state index is 0.220. The molecule has 0 radical (unpaired) electrons. The molecule has 0 saturated heterocycles. The smallest absolute Gasteiger partial charge is 0.308 e. The molecule has 0 aliphatic rings. The van der Waals surface area contributed by atoms with E-state index in [1.165, 1.54) is 8.85 Å². The molecule has 0 aliphatic carbocycles. The van der Waals surface area contributed by atoms with Crippen LogP contribution in [0.4, 0.5) is 0 Å². The van der Waals surface area contributed by atoms with Crippen LogP contribution in [0.2, 0.25) is 0 Å². The average molecular weight is 279 g/mol. The van der Waals surface area contributed by atoms with Crippen molar-refractivity contribution in [1.82, 2.24) is 2.78 Å². The summed E-state index contributed by atoms with van der Waals surface area (Å²) in [4.78, 5) is 21.5. The van der Waals surface area contributed by atoms with Gasteiger partial charge in [-0.05, 0) is 6.07 Å². The second kappa shape index (κ2) is 3.70. The standard InChI is InChI=1S/C7H6INO3/c8-9-3-1-2-5(7(9)12)4-6(10)11/h1-3H,4H2,(H,10,11). The van der Waals surface area contributed by atoms with Gasteiger partial charge in [-0.2, -0.15) is 0 Å². The minimum Gasteiger partial charge on any atom is -0.481 e. The Hall–Kier alpha value is -0.850. The summed E-state index contributed by atoms with van der Waals surface area (Å²) in [6.07, 6.45) is 1.36. The van der Waals surface area contributed by atoms with E-state index in [-0.39, 0.29) is 12.0 Å². The van der Waals surface area contributed by atoms with Gasteiger partial charge in [0.05, 0.1) is 29.3 Å². The largest absolute Gasteiger partial charge is 0.481 e. The molecule has 12 heavy (non-hydrogen) atoms. The molecule has 0 bridgehead atoms. The van der Waals surface area contributed by atoms with Crippen LogP contribution < -0.4 is 5.56 Å². The molecular formula is C7H6INO3. The summed E-state index contributed by atoms with van der Waals surface area (Å²) < 4.78 is 1.33. The van der Waals surface area contributed by atoms with E-state index in [2.05, 4.69) is 0 Å². The highest BCUT2D eigenvalue weighted by atomic mass is 127. The molecule has 0 amide bonds. The minimum atomic E-state index is -0.991. The van der Waals surface area contributed by atoms with Crippen molar-refractivity contribution >= 4 is 28.8 Å². The molecule has 0 aliphatic heterocycles. The van der Waals surface area contributed by atoms with E-state index in [4.69, 9.17) is 5.11 Å². The predicted octanol–water partition coefficient (Wildman–Crippen LogP) is 0.674. The van der Waals surface area contributed by atoms with E-state index >= 15 is 0 Å². The van der Waals surface area contributed by atoms with Crippen LogP contribution in [0.25, 0.3) is 0 Å². The summed E-state index contributed by atoms with van der Waals surface area (Å²) in [6.45, 7) is 0. The highest BCUT2D eigenvalue weighted by Gasteiger charge is 2.05. The number of carboxylic acids is 1. The van der Waals surface area contributed by atoms with Crippen LogP contribution in [0.1, 0.15) is 5.56 Å². The second-order valence-corrected chi connectivity index (χ2v) is 3.26. The zero-order valence-corrected chi connectivity index (χ0v) is 8.19. The van der Waals surface area contributed by atoms with Gasteiger partial charge in [0, 0.05) is 11.8 Å². The molecule has 0 unspecified atom stereocenters. The molecule has 64 valence electrons. The highest BCUT2D eigenvalue weighted by molar-refractivity contribution is 14.1. The van der Waals surface area contributed by atoms with Gasteiger partial charge < -0.3 is 5.11 Å². The lowest BCUT2D eigenvalue weighted by Crippen LogP contribution is -2.18. The fourth-order valence-corrected chi connectivity index (χ4v) is 1.30. The molecule has 1 aromatic rings. The number of hydrogen-bond donors (Lipinski definition) is 1. The van der Waals surface area contributed by atoms with Crippen molar-refractivity contribution in [3.8, 4) is 0 Å². The number of pyridine rings is 1. The van der Waals surface area contributed by atoms with Crippen molar-refractivity contribution in [2.24, 2.45) is 0 Å². The van der Waals surface area contributed by atoms with E-state index in [0.29, 0.717) is 5.56 Å². The maximum absolute atomic E-state index is 11.2. The van der Waals surface area contributed by atoms with Crippen LogP contribution in [0.3, 0.4) is 0 Å². The average Bonchev–Trinajstić information content (AvgIpc) is 1.98. The van der Waals surface area contributed by atoms with Crippen molar-refractivity contribution in [2.45, 2.75) is 6.42 Å². The zero-order chi connectivity index (χ0) is 9.14. The molecule has 1 N–H and O–H groups in total. The first-order chi connectivity index (χ1) is 5.61. The van der Waals surface area contributed by atoms with Crippen LogP contribution in [-0.2, 0) is 11.2 Å². The Morgan fingerprint density at radius 3 is 2.92 bits per heavy atom. The number of nitrogens with zero attached hydrogens (tertiary/aromatic N) is 1. The number of aliphatic carboxylic acids is 1. The molecule has 1 aromatic heterocycles. The Morgan fingerprint density at radius 2 is 2.33 bits per heavy atom. The molecule has 0 fully saturated rings. The van der Waals surface area contributed by atoms with Gasteiger partial charge in [0.1, 0.15) is 0 Å². The number of halogens is 1. The van der Waals surface area contributed by atoms with E-state index in [9.17, 15) is 9.59 Å². The molecule has 5 heteroatoms. The summed E-state index contributed by atoms with van der Waals surface area (Å²) in [6, 6.07) is 3.16. The summed E-state index contributed by atoms with van der Waals surface area (Å²) >= 11 is 1.81. The summed E-state index contributed by atoms with van der Waals surface area (Å²) in [7, 11) is 0. The van der Waals surface area contributed by atoms with E-state index < -0.39 is 5.97 Å².